The van der Waals surface area contributed by atoms with Crippen LogP contribution in [0.2, 0.25) is 0 Å². The van der Waals surface area contributed by atoms with E-state index in [-0.39, 0.29) is 0 Å². The highest BCUT2D eigenvalue weighted by atomic mass is 16.5. The lowest BCUT2D eigenvalue weighted by molar-refractivity contribution is 0.0624. The maximum Gasteiger partial charge on any atom is 0.0593 e. The zero-order chi connectivity index (χ0) is 15.1. The highest BCUT2D eigenvalue weighted by Crippen LogP contribution is 2.39. The molecular formula is C18H36N2O. The van der Waals surface area contributed by atoms with Crippen molar-refractivity contribution >= 4 is 0 Å². The van der Waals surface area contributed by atoms with Gasteiger partial charge in [0.1, 0.15) is 0 Å². The van der Waals surface area contributed by atoms with Crippen LogP contribution in [-0.4, -0.2) is 51.3 Å². The third-order valence-corrected chi connectivity index (χ3v) is 5.21. The molecule has 2 saturated carbocycles. The number of nitrogens with zero attached hydrogens (tertiary/aromatic N) is 1. The van der Waals surface area contributed by atoms with Crippen molar-refractivity contribution < 1.29 is 4.74 Å². The standard InChI is InChI=1S/C18H36N2O/c1-4-19-14-18(9-5-6-16(2)12-18)15-20(3)10-11-21-13-17-7-8-17/h16-17,19H,4-15H2,1-3H3. The smallest absolute Gasteiger partial charge is 0.0593 e. The van der Waals surface area contributed by atoms with E-state index >= 15 is 0 Å². The van der Waals surface area contributed by atoms with E-state index in [1.807, 2.05) is 0 Å². The molecule has 0 saturated heterocycles. The van der Waals surface area contributed by atoms with Gasteiger partial charge in [0.05, 0.1) is 6.61 Å². The predicted molar refractivity (Wildman–Crippen MR) is 89.6 cm³/mol. The van der Waals surface area contributed by atoms with Crippen molar-refractivity contribution in [3.05, 3.63) is 0 Å². The number of hydrogen-bond acceptors (Lipinski definition) is 3. The first-order valence-corrected chi connectivity index (χ1v) is 9.10. The van der Waals surface area contributed by atoms with E-state index in [0.717, 1.165) is 38.1 Å². The Bertz CT molecular complexity index is 293. The number of hydrogen-bond donors (Lipinski definition) is 1. The van der Waals surface area contributed by atoms with Crippen molar-refractivity contribution in [2.24, 2.45) is 17.3 Å². The second-order valence-corrected chi connectivity index (χ2v) is 7.74. The van der Waals surface area contributed by atoms with Gasteiger partial charge < -0.3 is 15.0 Å². The van der Waals surface area contributed by atoms with Gasteiger partial charge in [-0.05, 0) is 56.5 Å². The third kappa shape index (κ3) is 6.25. The van der Waals surface area contributed by atoms with E-state index in [1.165, 1.54) is 51.6 Å². The minimum atomic E-state index is 0.485. The van der Waals surface area contributed by atoms with Crippen LogP contribution < -0.4 is 5.32 Å². The molecule has 0 spiro atoms. The number of likely N-dealkylation sites (N-methyl/N-ethyl adjacent to an activating group) is 1. The van der Waals surface area contributed by atoms with Crippen molar-refractivity contribution in [1.82, 2.24) is 10.2 Å². The molecule has 2 fully saturated rings. The molecule has 0 radical (unpaired) electrons. The first-order chi connectivity index (χ1) is 10.1. The molecule has 0 amide bonds. The second-order valence-electron chi connectivity index (χ2n) is 7.74. The molecule has 2 aliphatic carbocycles. The quantitative estimate of drug-likeness (QED) is 0.627. The molecule has 3 nitrogen and oxygen atoms in total. The largest absolute Gasteiger partial charge is 0.380 e. The molecule has 124 valence electrons. The van der Waals surface area contributed by atoms with Crippen LogP contribution in [-0.2, 0) is 4.74 Å². The SMILES string of the molecule is CCNCC1(CN(C)CCOCC2CC2)CCCC(C)C1. The first kappa shape index (κ1) is 17.2. The Morgan fingerprint density at radius 2 is 2.10 bits per heavy atom. The van der Waals surface area contributed by atoms with E-state index in [2.05, 4.69) is 31.1 Å². The Kier molecular flexibility index (Phi) is 6.97. The van der Waals surface area contributed by atoms with E-state index in [0.29, 0.717) is 5.41 Å². The topological polar surface area (TPSA) is 24.5 Å². The molecule has 21 heavy (non-hydrogen) atoms. The molecule has 0 heterocycles. The summed E-state index contributed by atoms with van der Waals surface area (Å²) >= 11 is 0. The molecule has 0 aromatic rings. The summed E-state index contributed by atoms with van der Waals surface area (Å²) in [6.07, 6.45) is 8.37. The van der Waals surface area contributed by atoms with Crippen molar-refractivity contribution in [2.45, 2.75) is 52.4 Å². The van der Waals surface area contributed by atoms with Gasteiger partial charge in [0.15, 0.2) is 0 Å². The summed E-state index contributed by atoms with van der Waals surface area (Å²) in [6, 6.07) is 0. The van der Waals surface area contributed by atoms with E-state index < -0.39 is 0 Å². The van der Waals surface area contributed by atoms with Crippen LogP contribution in [0.25, 0.3) is 0 Å². The summed E-state index contributed by atoms with van der Waals surface area (Å²) in [5.41, 5.74) is 0.485. The Labute approximate surface area is 131 Å². The van der Waals surface area contributed by atoms with E-state index in [9.17, 15) is 0 Å². The molecule has 2 rings (SSSR count). The molecule has 0 aliphatic heterocycles. The maximum atomic E-state index is 5.80. The minimum Gasteiger partial charge on any atom is -0.380 e. The van der Waals surface area contributed by atoms with Gasteiger partial charge in [-0.15, -0.1) is 0 Å². The van der Waals surface area contributed by atoms with Crippen LogP contribution in [0.1, 0.15) is 52.4 Å². The molecular weight excluding hydrogens is 260 g/mol. The van der Waals surface area contributed by atoms with Crippen LogP contribution in [0.15, 0.2) is 0 Å². The summed E-state index contributed by atoms with van der Waals surface area (Å²) < 4.78 is 5.80. The Morgan fingerprint density at radius 3 is 2.76 bits per heavy atom. The van der Waals surface area contributed by atoms with Crippen LogP contribution in [0.4, 0.5) is 0 Å². The Hall–Kier alpha value is -0.120. The number of ether oxygens (including phenoxy) is 1. The Balaban J connectivity index is 1.73. The molecule has 1 N–H and O–H groups in total. The average Bonchev–Trinajstić information content (AvgIpc) is 3.26. The van der Waals surface area contributed by atoms with Crippen LogP contribution in [0, 0.1) is 17.3 Å². The van der Waals surface area contributed by atoms with Gasteiger partial charge in [0.2, 0.25) is 0 Å². The normalized spacial score (nSPS) is 30.0. The average molecular weight is 296 g/mol. The predicted octanol–water partition coefficient (Wildman–Crippen LogP) is 3.15. The molecule has 3 heteroatoms. The number of rotatable bonds is 10. The molecule has 2 aliphatic rings. The van der Waals surface area contributed by atoms with Gasteiger partial charge >= 0.3 is 0 Å². The zero-order valence-electron chi connectivity index (χ0n) is 14.5. The summed E-state index contributed by atoms with van der Waals surface area (Å²) in [7, 11) is 2.27. The van der Waals surface area contributed by atoms with Gasteiger partial charge in [-0.3, -0.25) is 0 Å². The Morgan fingerprint density at radius 1 is 1.29 bits per heavy atom. The van der Waals surface area contributed by atoms with Gasteiger partial charge in [0.25, 0.3) is 0 Å². The lowest BCUT2D eigenvalue weighted by Gasteiger charge is -2.43. The summed E-state index contributed by atoms with van der Waals surface area (Å²) in [4.78, 5) is 2.50. The second kappa shape index (κ2) is 8.50. The minimum absolute atomic E-state index is 0.485. The zero-order valence-corrected chi connectivity index (χ0v) is 14.5. The fraction of sp³-hybridized carbons (Fsp3) is 1.00. The first-order valence-electron chi connectivity index (χ1n) is 9.10. The highest BCUT2D eigenvalue weighted by Gasteiger charge is 2.35. The van der Waals surface area contributed by atoms with Crippen LogP contribution in [0.5, 0.6) is 0 Å². The van der Waals surface area contributed by atoms with Crippen LogP contribution in [0.3, 0.4) is 0 Å². The lowest BCUT2D eigenvalue weighted by Crippen LogP contribution is -2.46. The van der Waals surface area contributed by atoms with Gasteiger partial charge in [-0.2, -0.15) is 0 Å². The van der Waals surface area contributed by atoms with Gasteiger partial charge in [-0.25, -0.2) is 0 Å². The molecule has 0 aromatic heterocycles. The molecule has 2 unspecified atom stereocenters. The fourth-order valence-electron chi connectivity index (χ4n) is 3.93. The monoisotopic (exact) mass is 296 g/mol. The third-order valence-electron chi connectivity index (χ3n) is 5.21. The van der Waals surface area contributed by atoms with E-state index in [4.69, 9.17) is 4.74 Å². The summed E-state index contributed by atoms with van der Waals surface area (Å²) in [6.45, 7) is 11.1. The highest BCUT2D eigenvalue weighted by molar-refractivity contribution is 4.89. The number of nitrogens with one attached hydrogen (secondary N) is 1. The molecule has 0 aromatic carbocycles. The molecule has 2 atom stereocenters. The summed E-state index contributed by atoms with van der Waals surface area (Å²) in [5, 5.41) is 3.62. The fourth-order valence-corrected chi connectivity index (χ4v) is 3.93. The van der Waals surface area contributed by atoms with E-state index in [1.54, 1.807) is 0 Å². The van der Waals surface area contributed by atoms with Gasteiger partial charge in [0, 0.05) is 26.2 Å². The van der Waals surface area contributed by atoms with Crippen molar-refractivity contribution in [3.8, 4) is 0 Å². The maximum absolute atomic E-state index is 5.80. The van der Waals surface area contributed by atoms with Crippen molar-refractivity contribution in [3.63, 3.8) is 0 Å². The van der Waals surface area contributed by atoms with Crippen LogP contribution >= 0.6 is 0 Å². The summed E-state index contributed by atoms with van der Waals surface area (Å²) in [5.74, 6) is 1.77. The lowest BCUT2D eigenvalue weighted by atomic mass is 9.69. The molecule has 0 bridgehead atoms. The van der Waals surface area contributed by atoms with Crippen molar-refractivity contribution in [1.29, 1.82) is 0 Å². The van der Waals surface area contributed by atoms with Gasteiger partial charge in [-0.1, -0.05) is 26.7 Å². The van der Waals surface area contributed by atoms with Crippen molar-refractivity contribution in [2.75, 3.05) is 46.4 Å².